The van der Waals surface area contributed by atoms with E-state index < -0.39 is 12.8 Å². The van der Waals surface area contributed by atoms with E-state index in [1.165, 1.54) is 0 Å². The van der Waals surface area contributed by atoms with Gasteiger partial charge in [0.25, 0.3) is 0 Å². The molecule has 0 aromatic heterocycles. The van der Waals surface area contributed by atoms with Crippen LogP contribution in [0.5, 0.6) is 5.75 Å². The SMILES string of the molecule is Cc1ccc(CNC(=O)CCC2CCNCC2)c(OCC(F)(F)F)c1. The number of rotatable bonds is 7. The lowest BCUT2D eigenvalue weighted by molar-refractivity contribution is -0.153. The summed E-state index contributed by atoms with van der Waals surface area (Å²) < 4.78 is 42.0. The van der Waals surface area contributed by atoms with E-state index >= 15 is 0 Å². The van der Waals surface area contributed by atoms with Crippen molar-refractivity contribution in [3.05, 3.63) is 29.3 Å². The predicted molar refractivity (Wildman–Crippen MR) is 89.4 cm³/mol. The van der Waals surface area contributed by atoms with Crippen LogP contribution in [0.3, 0.4) is 0 Å². The van der Waals surface area contributed by atoms with Crippen LogP contribution in [0.1, 0.15) is 36.8 Å². The van der Waals surface area contributed by atoms with Crippen LogP contribution in [-0.2, 0) is 11.3 Å². The summed E-state index contributed by atoms with van der Waals surface area (Å²) in [7, 11) is 0. The first-order valence-corrected chi connectivity index (χ1v) is 8.60. The molecule has 7 heteroatoms. The second-order valence-electron chi connectivity index (χ2n) is 6.52. The minimum Gasteiger partial charge on any atom is -0.484 e. The molecule has 0 spiro atoms. The van der Waals surface area contributed by atoms with Crippen molar-refractivity contribution in [2.45, 2.75) is 45.3 Å². The summed E-state index contributed by atoms with van der Waals surface area (Å²) in [6, 6.07) is 5.04. The van der Waals surface area contributed by atoms with Gasteiger partial charge >= 0.3 is 6.18 Å². The first kappa shape index (κ1) is 19.6. The van der Waals surface area contributed by atoms with E-state index in [2.05, 4.69) is 10.6 Å². The Kier molecular flexibility index (Phi) is 7.11. The monoisotopic (exact) mass is 358 g/mol. The summed E-state index contributed by atoms with van der Waals surface area (Å²) in [6.07, 6.45) is -0.936. The second-order valence-corrected chi connectivity index (χ2v) is 6.52. The van der Waals surface area contributed by atoms with Gasteiger partial charge in [-0.2, -0.15) is 13.2 Å². The number of amides is 1. The van der Waals surface area contributed by atoms with Gasteiger partial charge in [-0.05, 0) is 56.8 Å². The molecule has 0 radical (unpaired) electrons. The van der Waals surface area contributed by atoms with Crippen molar-refractivity contribution in [1.82, 2.24) is 10.6 Å². The number of ether oxygens (including phenoxy) is 1. The molecule has 0 saturated carbocycles. The van der Waals surface area contributed by atoms with Crippen molar-refractivity contribution in [3.8, 4) is 5.75 Å². The molecule has 1 aromatic rings. The van der Waals surface area contributed by atoms with E-state index in [0.717, 1.165) is 37.9 Å². The zero-order chi connectivity index (χ0) is 18.3. The molecule has 0 atom stereocenters. The highest BCUT2D eigenvalue weighted by atomic mass is 19.4. The topological polar surface area (TPSA) is 50.4 Å². The number of alkyl halides is 3. The van der Waals surface area contributed by atoms with Crippen LogP contribution < -0.4 is 15.4 Å². The van der Waals surface area contributed by atoms with E-state index in [4.69, 9.17) is 4.74 Å². The number of halogens is 3. The smallest absolute Gasteiger partial charge is 0.422 e. The van der Waals surface area contributed by atoms with Crippen molar-refractivity contribution in [1.29, 1.82) is 0 Å². The first-order valence-electron chi connectivity index (χ1n) is 8.60. The molecule has 2 N–H and O–H groups in total. The molecule has 0 aliphatic carbocycles. The molecule has 1 aliphatic heterocycles. The normalized spacial score (nSPS) is 15.8. The lowest BCUT2D eigenvalue weighted by Gasteiger charge is -2.22. The van der Waals surface area contributed by atoms with Crippen LogP contribution in [-0.4, -0.2) is 31.8 Å². The number of aryl methyl sites for hydroxylation is 1. The number of hydrogen-bond donors (Lipinski definition) is 2. The van der Waals surface area contributed by atoms with E-state index in [1.54, 1.807) is 25.1 Å². The van der Waals surface area contributed by atoms with Crippen LogP contribution in [0, 0.1) is 12.8 Å². The Morgan fingerprint density at radius 2 is 2.04 bits per heavy atom. The van der Waals surface area contributed by atoms with Crippen molar-refractivity contribution in [2.75, 3.05) is 19.7 Å². The third kappa shape index (κ3) is 7.34. The molecular weight excluding hydrogens is 333 g/mol. The standard InChI is InChI=1S/C18H25F3N2O2/c1-13-2-4-15(16(10-13)25-12-18(19,20)21)11-23-17(24)5-3-14-6-8-22-9-7-14/h2,4,10,14,22H,3,5-9,11-12H2,1H3,(H,23,24). The maximum absolute atomic E-state index is 12.4. The summed E-state index contributed by atoms with van der Waals surface area (Å²) >= 11 is 0. The lowest BCUT2D eigenvalue weighted by atomic mass is 9.93. The van der Waals surface area contributed by atoms with E-state index in [9.17, 15) is 18.0 Å². The Morgan fingerprint density at radius 3 is 2.72 bits per heavy atom. The largest absolute Gasteiger partial charge is 0.484 e. The lowest BCUT2D eigenvalue weighted by Crippen LogP contribution is -2.29. The zero-order valence-electron chi connectivity index (χ0n) is 14.4. The summed E-state index contributed by atoms with van der Waals surface area (Å²) in [5.74, 6) is 0.647. The number of benzene rings is 1. The van der Waals surface area contributed by atoms with Gasteiger partial charge in [0.05, 0.1) is 0 Å². The van der Waals surface area contributed by atoms with Gasteiger partial charge in [0.2, 0.25) is 5.91 Å². The van der Waals surface area contributed by atoms with Crippen molar-refractivity contribution < 1.29 is 22.7 Å². The molecule has 0 unspecified atom stereocenters. The summed E-state index contributed by atoms with van der Waals surface area (Å²) in [5.41, 5.74) is 1.35. The fourth-order valence-electron chi connectivity index (χ4n) is 2.89. The molecule has 0 bridgehead atoms. The van der Waals surface area contributed by atoms with Gasteiger partial charge in [-0.3, -0.25) is 4.79 Å². The van der Waals surface area contributed by atoms with E-state index in [-0.39, 0.29) is 18.2 Å². The fourth-order valence-corrected chi connectivity index (χ4v) is 2.89. The Morgan fingerprint density at radius 1 is 1.32 bits per heavy atom. The van der Waals surface area contributed by atoms with Crippen LogP contribution in [0.2, 0.25) is 0 Å². The van der Waals surface area contributed by atoms with Crippen LogP contribution in [0.4, 0.5) is 13.2 Å². The van der Waals surface area contributed by atoms with Gasteiger partial charge in [-0.25, -0.2) is 0 Å². The molecule has 140 valence electrons. The minimum absolute atomic E-state index is 0.0825. The van der Waals surface area contributed by atoms with Gasteiger partial charge in [-0.1, -0.05) is 12.1 Å². The second kappa shape index (κ2) is 9.08. The fraction of sp³-hybridized carbons (Fsp3) is 0.611. The number of carbonyl (C=O) groups is 1. The average molecular weight is 358 g/mol. The molecule has 1 aliphatic rings. The molecule has 1 saturated heterocycles. The number of piperidine rings is 1. The van der Waals surface area contributed by atoms with Gasteiger partial charge in [-0.15, -0.1) is 0 Å². The maximum atomic E-state index is 12.4. The van der Waals surface area contributed by atoms with E-state index in [1.807, 2.05) is 0 Å². The molecule has 2 rings (SSSR count). The number of nitrogens with one attached hydrogen (secondary N) is 2. The molecule has 1 amide bonds. The van der Waals surface area contributed by atoms with Gasteiger partial charge in [0.1, 0.15) is 5.75 Å². The highest BCUT2D eigenvalue weighted by Gasteiger charge is 2.28. The Balaban J connectivity index is 1.83. The zero-order valence-corrected chi connectivity index (χ0v) is 14.4. The van der Waals surface area contributed by atoms with Crippen molar-refractivity contribution in [3.63, 3.8) is 0 Å². The van der Waals surface area contributed by atoms with Gasteiger partial charge < -0.3 is 15.4 Å². The van der Waals surface area contributed by atoms with Gasteiger partial charge in [0, 0.05) is 18.5 Å². The minimum atomic E-state index is -4.39. The summed E-state index contributed by atoms with van der Waals surface area (Å²) in [5, 5.41) is 6.07. The van der Waals surface area contributed by atoms with Crippen molar-refractivity contribution >= 4 is 5.91 Å². The third-order valence-electron chi connectivity index (χ3n) is 4.33. The Bertz CT molecular complexity index is 570. The highest BCUT2D eigenvalue weighted by molar-refractivity contribution is 5.75. The van der Waals surface area contributed by atoms with Crippen LogP contribution in [0.25, 0.3) is 0 Å². The molecule has 1 aromatic carbocycles. The number of hydrogen-bond acceptors (Lipinski definition) is 3. The Labute approximate surface area is 146 Å². The number of carbonyl (C=O) groups excluding carboxylic acids is 1. The van der Waals surface area contributed by atoms with Crippen LogP contribution >= 0.6 is 0 Å². The van der Waals surface area contributed by atoms with Gasteiger partial charge in [0.15, 0.2) is 6.61 Å². The molecule has 1 fully saturated rings. The summed E-state index contributed by atoms with van der Waals surface area (Å²) in [4.78, 5) is 12.0. The van der Waals surface area contributed by atoms with Crippen LogP contribution in [0.15, 0.2) is 18.2 Å². The molecule has 1 heterocycles. The predicted octanol–water partition coefficient (Wildman–Crippen LogP) is 3.33. The summed E-state index contributed by atoms with van der Waals surface area (Å²) in [6.45, 7) is 2.60. The first-order chi connectivity index (χ1) is 11.8. The Hall–Kier alpha value is -1.76. The highest BCUT2D eigenvalue weighted by Crippen LogP contribution is 2.24. The quantitative estimate of drug-likeness (QED) is 0.786. The van der Waals surface area contributed by atoms with Crippen molar-refractivity contribution in [2.24, 2.45) is 5.92 Å². The third-order valence-corrected chi connectivity index (χ3v) is 4.33. The van der Waals surface area contributed by atoms with E-state index in [0.29, 0.717) is 17.9 Å². The maximum Gasteiger partial charge on any atom is 0.422 e. The average Bonchev–Trinajstić information content (AvgIpc) is 2.57. The molecule has 4 nitrogen and oxygen atoms in total. The molecular formula is C18H25F3N2O2. The molecule has 25 heavy (non-hydrogen) atoms.